The van der Waals surface area contributed by atoms with Crippen LogP contribution in [-0.4, -0.2) is 72.6 Å². The van der Waals surface area contributed by atoms with E-state index in [1.165, 1.54) is 0 Å². The van der Waals surface area contributed by atoms with Crippen molar-refractivity contribution in [3.05, 3.63) is 0 Å². The van der Waals surface area contributed by atoms with Gasteiger partial charge in [-0.15, -0.1) is 0 Å². The maximum atomic E-state index is 12.2. The molecule has 0 radical (unpaired) electrons. The Balaban J connectivity index is 1.89. The van der Waals surface area contributed by atoms with Gasteiger partial charge < -0.3 is 20.2 Å². The van der Waals surface area contributed by atoms with E-state index in [1.54, 1.807) is 9.80 Å². The summed E-state index contributed by atoms with van der Waals surface area (Å²) < 4.78 is 0. The Morgan fingerprint density at radius 1 is 1.29 bits per heavy atom. The van der Waals surface area contributed by atoms with Gasteiger partial charge >= 0.3 is 0 Å². The monoisotopic (exact) mass is 241 g/mol. The number of amides is 2. The lowest BCUT2D eigenvalue weighted by molar-refractivity contribution is -0.143. The minimum absolute atomic E-state index is 0.0320. The van der Waals surface area contributed by atoms with Crippen LogP contribution in [0.4, 0.5) is 0 Å². The van der Waals surface area contributed by atoms with Crippen molar-refractivity contribution >= 4 is 12.3 Å². The minimum atomic E-state index is -0.583. The van der Waals surface area contributed by atoms with Gasteiger partial charge in [-0.3, -0.25) is 9.59 Å². The van der Waals surface area contributed by atoms with Crippen molar-refractivity contribution in [2.75, 3.05) is 39.3 Å². The molecule has 2 atom stereocenters. The third kappa shape index (κ3) is 2.76. The number of nitrogens with zero attached hydrogens (tertiary/aromatic N) is 2. The van der Waals surface area contributed by atoms with E-state index in [0.717, 1.165) is 13.0 Å². The maximum absolute atomic E-state index is 12.2. The molecule has 0 bridgehead atoms. The molecule has 2 aliphatic heterocycles. The molecule has 0 unspecified atom stereocenters. The lowest BCUT2D eigenvalue weighted by Gasteiger charge is -2.37. The van der Waals surface area contributed by atoms with Crippen molar-refractivity contribution in [3.8, 4) is 0 Å². The Labute approximate surface area is 101 Å². The SMILES string of the molecule is O=CN1CCN(C(=O)[C@H]2CCNC[C@H]2O)CC1. The molecule has 0 saturated carbocycles. The van der Waals surface area contributed by atoms with Crippen LogP contribution in [0.15, 0.2) is 0 Å². The van der Waals surface area contributed by atoms with Gasteiger partial charge in [-0.2, -0.15) is 0 Å². The number of nitrogens with one attached hydrogen (secondary N) is 1. The Kier molecular flexibility index (Phi) is 3.96. The van der Waals surface area contributed by atoms with Crippen molar-refractivity contribution in [2.45, 2.75) is 12.5 Å². The number of hydrogen-bond acceptors (Lipinski definition) is 4. The highest BCUT2D eigenvalue weighted by Crippen LogP contribution is 2.17. The predicted molar refractivity (Wildman–Crippen MR) is 61.2 cm³/mol. The van der Waals surface area contributed by atoms with Crippen LogP contribution in [0.5, 0.6) is 0 Å². The van der Waals surface area contributed by atoms with Gasteiger partial charge in [0.05, 0.1) is 12.0 Å². The van der Waals surface area contributed by atoms with Crippen LogP contribution in [-0.2, 0) is 9.59 Å². The van der Waals surface area contributed by atoms with Crippen LogP contribution < -0.4 is 5.32 Å². The third-order valence-electron chi connectivity index (χ3n) is 3.54. The Hall–Kier alpha value is -1.14. The number of piperidine rings is 1. The van der Waals surface area contributed by atoms with Crippen molar-refractivity contribution in [3.63, 3.8) is 0 Å². The number of carbonyl (C=O) groups excluding carboxylic acids is 2. The number of carbonyl (C=O) groups is 2. The highest BCUT2D eigenvalue weighted by Gasteiger charge is 2.33. The molecule has 0 aromatic rings. The van der Waals surface area contributed by atoms with E-state index in [0.29, 0.717) is 39.1 Å². The summed E-state index contributed by atoms with van der Waals surface area (Å²) in [7, 11) is 0. The van der Waals surface area contributed by atoms with Crippen LogP contribution in [0.1, 0.15) is 6.42 Å². The first-order valence-electron chi connectivity index (χ1n) is 6.09. The lowest BCUT2D eigenvalue weighted by atomic mass is 9.93. The molecule has 17 heavy (non-hydrogen) atoms. The van der Waals surface area contributed by atoms with Crippen molar-refractivity contribution < 1.29 is 14.7 Å². The fraction of sp³-hybridized carbons (Fsp3) is 0.818. The molecule has 96 valence electrons. The van der Waals surface area contributed by atoms with Gasteiger partial charge in [-0.25, -0.2) is 0 Å². The molecular formula is C11H19N3O3. The van der Waals surface area contributed by atoms with Crippen LogP contribution >= 0.6 is 0 Å². The van der Waals surface area contributed by atoms with Gasteiger partial charge in [0, 0.05) is 32.7 Å². The molecule has 2 heterocycles. The third-order valence-corrected chi connectivity index (χ3v) is 3.54. The summed E-state index contributed by atoms with van der Waals surface area (Å²) in [5.74, 6) is -0.247. The van der Waals surface area contributed by atoms with E-state index in [2.05, 4.69) is 5.32 Å². The van der Waals surface area contributed by atoms with Crippen LogP contribution in [0.2, 0.25) is 0 Å². The van der Waals surface area contributed by atoms with Gasteiger partial charge in [0.25, 0.3) is 0 Å². The standard InChI is InChI=1S/C11H19N3O3/c15-8-13-3-5-14(6-4-13)11(17)9-1-2-12-7-10(9)16/h8-10,12,16H,1-7H2/t9-,10+/m0/s1. The second kappa shape index (κ2) is 5.46. The highest BCUT2D eigenvalue weighted by molar-refractivity contribution is 5.79. The van der Waals surface area contributed by atoms with Gasteiger partial charge in [0.2, 0.25) is 12.3 Å². The van der Waals surface area contributed by atoms with Gasteiger partial charge in [0.1, 0.15) is 0 Å². The molecule has 0 spiro atoms. The summed E-state index contributed by atoms with van der Waals surface area (Å²) in [6.45, 7) is 3.61. The topological polar surface area (TPSA) is 72.9 Å². The molecule has 2 aliphatic rings. The molecule has 0 aromatic heterocycles. The number of piperazine rings is 1. The van der Waals surface area contributed by atoms with Crippen molar-refractivity contribution in [2.24, 2.45) is 5.92 Å². The first-order chi connectivity index (χ1) is 8.22. The summed E-state index contributed by atoms with van der Waals surface area (Å²) in [5.41, 5.74) is 0. The zero-order valence-corrected chi connectivity index (χ0v) is 9.84. The summed E-state index contributed by atoms with van der Waals surface area (Å²) in [4.78, 5) is 26.2. The van der Waals surface area contributed by atoms with E-state index in [9.17, 15) is 14.7 Å². The second-order valence-corrected chi connectivity index (χ2v) is 4.63. The van der Waals surface area contributed by atoms with Gasteiger partial charge in [0.15, 0.2) is 0 Å². The van der Waals surface area contributed by atoms with Crippen molar-refractivity contribution in [1.82, 2.24) is 15.1 Å². The highest BCUT2D eigenvalue weighted by atomic mass is 16.3. The molecule has 6 heteroatoms. The number of β-amino-alcohol motifs (C(OH)–C–C–N with tert-alkyl or cyclic N) is 1. The molecule has 6 nitrogen and oxygen atoms in total. The molecule has 2 fully saturated rings. The van der Waals surface area contributed by atoms with E-state index >= 15 is 0 Å². The zero-order valence-electron chi connectivity index (χ0n) is 9.84. The first kappa shape index (κ1) is 12.3. The number of aliphatic hydroxyl groups is 1. The molecule has 0 aliphatic carbocycles. The first-order valence-corrected chi connectivity index (χ1v) is 6.09. The maximum Gasteiger partial charge on any atom is 0.228 e. The van der Waals surface area contributed by atoms with Gasteiger partial charge in [-0.1, -0.05) is 0 Å². The number of rotatable bonds is 2. The smallest absolute Gasteiger partial charge is 0.228 e. The van der Waals surface area contributed by atoms with E-state index < -0.39 is 6.10 Å². The minimum Gasteiger partial charge on any atom is -0.391 e. The van der Waals surface area contributed by atoms with Gasteiger partial charge in [-0.05, 0) is 13.0 Å². The summed E-state index contributed by atoms with van der Waals surface area (Å²) >= 11 is 0. The fourth-order valence-electron chi connectivity index (χ4n) is 2.41. The quantitative estimate of drug-likeness (QED) is 0.563. The normalized spacial score (nSPS) is 30.2. The summed E-state index contributed by atoms with van der Waals surface area (Å²) in [6.07, 6.45) is 0.926. The molecule has 2 N–H and O–H groups in total. The van der Waals surface area contributed by atoms with Crippen LogP contribution in [0, 0.1) is 5.92 Å². The Morgan fingerprint density at radius 2 is 2.00 bits per heavy atom. The molecule has 2 rings (SSSR count). The lowest BCUT2D eigenvalue weighted by Crippen LogP contribution is -2.54. The predicted octanol–water partition coefficient (Wildman–Crippen LogP) is -1.74. The van der Waals surface area contributed by atoms with E-state index in [1.807, 2.05) is 0 Å². The average molecular weight is 241 g/mol. The number of aliphatic hydroxyl groups excluding tert-OH is 1. The molecule has 2 saturated heterocycles. The average Bonchev–Trinajstić information content (AvgIpc) is 2.39. The zero-order chi connectivity index (χ0) is 12.3. The molecular weight excluding hydrogens is 222 g/mol. The fourth-order valence-corrected chi connectivity index (χ4v) is 2.41. The largest absolute Gasteiger partial charge is 0.391 e. The Bertz CT molecular complexity index is 290. The number of hydrogen-bond donors (Lipinski definition) is 2. The second-order valence-electron chi connectivity index (χ2n) is 4.63. The molecule has 0 aromatic carbocycles. The van der Waals surface area contributed by atoms with Crippen molar-refractivity contribution in [1.29, 1.82) is 0 Å². The summed E-state index contributed by atoms with van der Waals surface area (Å²) in [6, 6.07) is 0. The van der Waals surface area contributed by atoms with E-state index in [-0.39, 0.29) is 11.8 Å². The molecule has 2 amide bonds. The Morgan fingerprint density at radius 3 is 2.59 bits per heavy atom. The van der Waals surface area contributed by atoms with Crippen LogP contribution in [0.3, 0.4) is 0 Å². The van der Waals surface area contributed by atoms with E-state index in [4.69, 9.17) is 0 Å². The summed E-state index contributed by atoms with van der Waals surface area (Å²) in [5, 5.41) is 12.9. The van der Waals surface area contributed by atoms with Crippen LogP contribution in [0.25, 0.3) is 0 Å².